The molecule has 5 rings (SSSR count). The first-order chi connectivity index (χ1) is 19.7. The number of phenolic OH excluding ortho intramolecular Hbond substituents is 1. The zero-order valence-corrected chi connectivity index (χ0v) is 24.4. The molecule has 0 saturated carbocycles. The number of ether oxygens (including phenoxy) is 3. The van der Waals surface area contributed by atoms with E-state index >= 15 is 0 Å². The Kier molecular flexibility index (Phi) is 9.32. The second-order valence-electron chi connectivity index (χ2n) is 10.4. The van der Waals surface area contributed by atoms with Crippen LogP contribution in [-0.4, -0.2) is 35.8 Å². The van der Waals surface area contributed by atoms with E-state index in [1.54, 1.807) is 36.4 Å². The number of halogens is 1. The number of nitrogens with two attached hydrogens (primary N) is 2. The third-order valence-corrected chi connectivity index (χ3v) is 7.26. The van der Waals surface area contributed by atoms with Gasteiger partial charge in [-0.15, -0.1) is 12.4 Å². The maximum absolute atomic E-state index is 12.3. The Morgan fingerprint density at radius 2 is 1.64 bits per heavy atom. The molecule has 0 spiro atoms. The van der Waals surface area contributed by atoms with Gasteiger partial charge in [0, 0.05) is 28.4 Å². The van der Waals surface area contributed by atoms with Crippen LogP contribution in [0.3, 0.4) is 0 Å². The molecule has 1 aliphatic heterocycles. The number of guanidine groups is 1. The van der Waals surface area contributed by atoms with Crippen LogP contribution in [0, 0.1) is 6.92 Å². The van der Waals surface area contributed by atoms with E-state index in [-0.39, 0.29) is 30.9 Å². The Balaban J connectivity index is 0.00000405. The van der Waals surface area contributed by atoms with Crippen molar-refractivity contribution in [2.75, 3.05) is 18.5 Å². The summed E-state index contributed by atoms with van der Waals surface area (Å²) >= 11 is 0. The minimum absolute atomic E-state index is 0. The van der Waals surface area contributed by atoms with Gasteiger partial charge in [-0.2, -0.15) is 0 Å². The molecule has 4 aromatic rings. The van der Waals surface area contributed by atoms with Crippen molar-refractivity contribution < 1.29 is 24.1 Å². The van der Waals surface area contributed by atoms with Crippen LogP contribution in [-0.2, 0) is 11.2 Å². The maximum atomic E-state index is 12.3. The third kappa shape index (κ3) is 6.98. The summed E-state index contributed by atoms with van der Waals surface area (Å²) in [7, 11) is 0. The van der Waals surface area contributed by atoms with Crippen LogP contribution in [0.25, 0.3) is 10.8 Å². The SMILES string of the molecule is Cc1c2c(c3ccccc3c1O)OC(C)(CCOc1ccc(NC(=O)COc3ccc(N=C(N)N)cc3)cc1)CC2.Cl. The fraction of sp³-hybridized carbons (Fsp3) is 0.250. The van der Waals surface area contributed by atoms with Crippen LogP contribution in [0.4, 0.5) is 11.4 Å². The van der Waals surface area contributed by atoms with Crippen molar-refractivity contribution in [1.82, 2.24) is 0 Å². The van der Waals surface area contributed by atoms with Crippen LogP contribution in [0.15, 0.2) is 77.8 Å². The predicted molar refractivity (Wildman–Crippen MR) is 168 cm³/mol. The average molecular weight is 591 g/mol. The number of nitrogens with one attached hydrogen (secondary N) is 1. The normalized spacial score (nSPS) is 15.5. The fourth-order valence-corrected chi connectivity index (χ4v) is 4.98. The number of aromatic hydroxyl groups is 1. The van der Waals surface area contributed by atoms with E-state index in [4.69, 9.17) is 25.7 Å². The molecule has 0 fully saturated rings. The third-order valence-electron chi connectivity index (χ3n) is 7.26. The summed E-state index contributed by atoms with van der Waals surface area (Å²) in [6, 6.07) is 21.8. The first-order valence-electron chi connectivity index (χ1n) is 13.5. The van der Waals surface area contributed by atoms with Gasteiger partial charge < -0.3 is 36.1 Å². The van der Waals surface area contributed by atoms with Gasteiger partial charge in [-0.3, -0.25) is 4.79 Å². The summed E-state index contributed by atoms with van der Waals surface area (Å²) in [5.41, 5.74) is 13.5. The Bertz CT molecular complexity index is 1590. The van der Waals surface area contributed by atoms with Gasteiger partial charge in [0.25, 0.3) is 5.91 Å². The van der Waals surface area contributed by atoms with Crippen molar-refractivity contribution in [3.63, 3.8) is 0 Å². The number of hydrogen-bond donors (Lipinski definition) is 4. The van der Waals surface area contributed by atoms with Crippen molar-refractivity contribution in [2.24, 2.45) is 16.5 Å². The quantitative estimate of drug-likeness (QED) is 0.144. The summed E-state index contributed by atoms with van der Waals surface area (Å²) in [5.74, 6) is 2.10. The van der Waals surface area contributed by atoms with Crippen molar-refractivity contribution >= 4 is 46.4 Å². The predicted octanol–water partition coefficient (Wildman–Crippen LogP) is 5.75. The van der Waals surface area contributed by atoms with Gasteiger partial charge >= 0.3 is 0 Å². The molecule has 220 valence electrons. The molecule has 1 amide bonds. The summed E-state index contributed by atoms with van der Waals surface area (Å²) < 4.78 is 18.1. The smallest absolute Gasteiger partial charge is 0.262 e. The molecule has 1 aliphatic rings. The highest BCUT2D eigenvalue weighted by Gasteiger charge is 2.34. The highest BCUT2D eigenvalue weighted by molar-refractivity contribution is 5.96. The standard InChI is InChI=1S/C32H34N4O5.ClH/c1-20-25-15-16-32(2,41-30(25)27-6-4-3-5-26(27)29(20)38)17-18-39-23-11-7-21(8-12-23)35-28(37)19-40-24-13-9-22(10-14-24)36-31(33)34;/h3-14,38H,15-19H2,1-2H3,(H,35,37)(H4,33,34,36);1H. The molecule has 0 bridgehead atoms. The summed E-state index contributed by atoms with van der Waals surface area (Å²) in [4.78, 5) is 16.3. The van der Waals surface area contributed by atoms with Crippen molar-refractivity contribution in [1.29, 1.82) is 0 Å². The number of nitrogens with zero attached hydrogens (tertiary/aromatic N) is 1. The van der Waals surface area contributed by atoms with E-state index in [0.717, 1.165) is 40.5 Å². The Morgan fingerprint density at radius 3 is 2.33 bits per heavy atom. The second kappa shape index (κ2) is 12.9. The largest absolute Gasteiger partial charge is 0.507 e. The van der Waals surface area contributed by atoms with Gasteiger partial charge in [0.15, 0.2) is 12.6 Å². The van der Waals surface area contributed by atoms with Gasteiger partial charge in [-0.05, 0) is 80.8 Å². The first kappa shape index (κ1) is 30.3. The highest BCUT2D eigenvalue weighted by Crippen LogP contribution is 2.45. The monoisotopic (exact) mass is 590 g/mol. The molecule has 42 heavy (non-hydrogen) atoms. The van der Waals surface area contributed by atoms with Crippen molar-refractivity contribution in [3.05, 3.63) is 83.9 Å². The molecule has 6 N–H and O–H groups in total. The molecule has 10 heteroatoms. The van der Waals surface area contributed by atoms with Crippen LogP contribution in [0.1, 0.15) is 30.9 Å². The molecule has 0 saturated heterocycles. The summed E-state index contributed by atoms with van der Waals surface area (Å²) in [6.45, 7) is 4.39. The lowest BCUT2D eigenvalue weighted by atomic mass is 9.86. The zero-order valence-electron chi connectivity index (χ0n) is 23.6. The topological polar surface area (TPSA) is 141 Å². The lowest BCUT2D eigenvalue weighted by Gasteiger charge is -2.37. The molecule has 0 aliphatic carbocycles. The average Bonchev–Trinajstić information content (AvgIpc) is 2.96. The maximum Gasteiger partial charge on any atom is 0.262 e. The number of carbonyl (C=O) groups is 1. The van der Waals surface area contributed by atoms with Crippen LogP contribution >= 0.6 is 12.4 Å². The molecule has 1 atom stereocenters. The fourth-order valence-electron chi connectivity index (χ4n) is 4.98. The van der Waals surface area contributed by atoms with Gasteiger partial charge in [-0.25, -0.2) is 4.99 Å². The van der Waals surface area contributed by atoms with Crippen LogP contribution < -0.4 is 31.0 Å². The molecule has 1 heterocycles. The van der Waals surface area contributed by atoms with E-state index in [9.17, 15) is 9.90 Å². The lowest BCUT2D eigenvalue weighted by Crippen LogP contribution is -2.38. The van der Waals surface area contributed by atoms with Gasteiger partial charge in [0.05, 0.1) is 12.3 Å². The first-order valence-corrected chi connectivity index (χ1v) is 13.5. The van der Waals surface area contributed by atoms with Gasteiger partial charge in [0.2, 0.25) is 0 Å². The van der Waals surface area contributed by atoms with E-state index < -0.39 is 5.60 Å². The summed E-state index contributed by atoms with van der Waals surface area (Å²) in [5, 5.41) is 15.2. The number of amides is 1. The molecule has 9 nitrogen and oxygen atoms in total. The second-order valence-corrected chi connectivity index (χ2v) is 10.4. The lowest BCUT2D eigenvalue weighted by molar-refractivity contribution is -0.118. The molecule has 4 aromatic carbocycles. The number of anilines is 1. The van der Waals surface area contributed by atoms with E-state index in [2.05, 4.69) is 17.2 Å². The zero-order chi connectivity index (χ0) is 29.0. The van der Waals surface area contributed by atoms with E-state index in [1.165, 1.54) is 0 Å². The molecular weight excluding hydrogens is 556 g/mol. The van der Waals surface area contributed by atoms with Crippen LogP contribution in [0.5, 0.6) is 23.0 Å². The molecular formula is C32H35ClN4O5. The minimum Gasteiger partial charge on any atom is -0.507 e. The number of benzene rings is 4. The molecule has 1 unspecified atom stereocenters. The number of rotatable bonds is 9. The Morgan fingerprint density at radius 1 is 1.00 bits per heavy atom. The number of fused-ring (bicyclic) bond motifs is 3. The Hall–Kier alpha value is -4.63. The van der Waals surface area contributed by atoms with E-state index in [1.807, 2.05) is 43.3 Å². The number of hydrogen-bond acceptors (Lipinski definition) is 6. The highest BCUT2D eigenvalue weighted by atomic mass is 35.5. The van der Waals surface area contributed by atoms with E-state index in [0.29, 0.717) is 41.7 Å². The van der Waals surface area contributed by atoms with Gasteiger partial charge in [0.1, 0.15) is 28.6 Å². The number of phenols is 1. The van der Waals surface area contributed by atoms with Crippen LogP contribution in [0.2, 0.25) is 0 Å². The molecule has 0 radical (unpaired) electrons. The van der Waals surface area contributed by atoms with Crippen molar-refractivity contribution in [2.45, 2.75) is 38.7 Å². The Labute approximate surface area is 250 Å². The molecule has 0 aromatic heterocycles. The summed E-state index contributed by atoms with van der Waals surface area (Å²) in [6.07, 6.45) is 2.36. The van der Waals surface area contributed by atoms with Crippen molar-refractivity contribution in [3.8, 4) is 23.0 Å². The minimum atomic E-state index is -0.390. The number of aliphatic imine (C=N–C) groups is 1. The number of carbonyl (C=O) groups excluding carboxylic acids is 1. The van der Waals surface area contributed by atoms with Gasteiger partial charge in [-0.1, -0.05) is 24.3 Å².